The Balaban J connectivity index is 1.54. The third-order valence-corrected chi connectivity index (χ3v) is 4.08. The number of hydrogen-bond acceptors (Lipinski definition) is 5. The van der Waals surface area contributed by atoms with E-state index in [-0.39, 0.29) is 11.8 Å². The first kappa shape index (κ1) is 16.1. The summed E-state index contributed by atoms with van der Waals surface area (Å²) < 4.78 is 0. The van der Waals surface area contributed by atoms with E-state index in [9.17, 15) is 9.59 Å². The number of benzene rings is 1. The number of amides is 1. The second-order valence-corrected chi connectivity index (χ2v) is 5.86. The van der Waals surface area contributed by atoms with Gasteiger partial charge < -0.3 is 15.7 Å². The summed E-state index contributed by atoms with van der Waals surface area (Å²) >= 11 is 0. The number of aliphatic carboxylic acids is 1. The fraction of sp³-hybridized carbons (Fsp3) is 0.294. The summed E-state index contributed by atoms with van der Waals surface area (Å²) in [6.07, 6.45) is 4.11. The molecule has 1 amide bonds. The molecule has 7 nitrogen and oxygen atoms in total. The van der Waals surface area contributed by atoms with Gasteiger partial charge in [0.05, 0.1) is 12.4 Å². The fourth-order valence-corrected chi connectivity index (χ4v) is 2.83. The van der Waals surface area contributed by atoms with Gasteiger partial charge in [0.2, 0.25) is 5.91 Å². The first-order valence-corrected chi connectivity index (χ1v) is 7.75. The van der Waals surface area contributed by atoms with Crippen molar-refractivity contribution in [2.24, 2.45) is 5.92 Å². The van der Waals surface area contributed by atoms with Crippen LogP contribution in [0.4, 0.5) is 5.69 Å². The molecular formula is C17H18N4O3. The normalized spacial score (nSPS) is 19.8. The molecule has 0 saturated carbocycles. The molecule has 1 fully saturated rings. The number of carboxylic acids is 1. The van der Waals surface area contributed by atoms with Crippen molar-refractivity contribution in [1.82, 2.24) is 15.5 Å². The maximum absolute atomic E-state index is 12.1. The number of carbonyl (C=O) groups excluding carboxylic acids is 1. The lowest BCUT2D eigenvalue weighted by atomic mass is 10.0. The van der Waals surface area contributed by atoms with Gasteiger partial charge in [-0.25, -0.2) is 0 Å². The molecule has 24 heavy (non-hydrogen) atoms. The minimum absolute atomic E-state index is 0.0493. The third-order valence-electron chi connectivity index (χ3n) is 4.08. The highest BCUT2D eigenvalue weighted by atomic mass is 16.4. The molecular weight excluding hydrogens is 308 g/mol. The van der Waals surface area contributed by atoms with E-state index < -0.39 is 12.0 Å². The number of nitrogens with zero attached hydrogens (tertiary/aromatic N) is 2. The SMILES string of the molecule is O=C(CC1CNC(C(=O)O)C1)Nc1ccc(-c2ccnnc2)cc1. The number of carboxylic acid groups (broad SMARTS) is 1. The predicted molar refractivity (Wildman–Crippen MR) is 88.2 cm³/mol. The second-order valence-electron chi connectivity index (χ2n) is 5.86. The molecule has 1 aliphatic heterocycles. The summed E-state index contributed by atoms with van der Waals surface area (Å²) in [5, 5.41) is 22.3. The molecule has 0 spiro atoms. The number of nitrogens with one attached hydrogen (secondary N) is 2. The number of rotatable bonds is 5. The number of aromatic nitrogens is 2. The molecule has 1 aromatic heterocycles. The van der Waals surface area contributed by atoms with Crippen LogP contribution in [0.15, 0.2) is 42.7 Å². The summed E-state index contributed by atoms with van der Waals surface area (Å²) in [6, 6.07) is 8.80. The first-order chi connectivity index (χ1) is 11.6. The zero-order chi connectivity index (χ0) is 16.9. The van der Waals surface area contributed by atoms with Crippen LogP contribution in [0, 0.1) is 5.92 Å². The maximum atomic E-state index is 12.1. The molecule has 3 rings (SSSR count). The van der Waals surface area contributed by atoms with Crippen LogP contribution in [0.2, 0.25) is 0 Å². The first-order valence-electron chi connectivity index (χ1n) is 7.75. The lowest BCUT2D eigenvalue weighted by molar-refractivity contribution is -0.139. The summed E-state index contributed by atoms with van der Waals surface area (Å²) in [5.74, 6) is -0.918. The summed E-state index contributed by atoms with van der Waals surface area (Å²) in [5.41, 5.74) is 2.67. The van der Waals surface area contributed by atoms with Gasteiger partial charge in [-0.2, -0.15) is 10.2 Å². The average molecular weight is 326 g/mol. The molecule has 0 aliphatic carbocycles. The second kappa shape index (κ2) is 7.18. The molecule has 1 aromatic carbocycles. The average Bonchev–Trinajstić information content (AvgIpc) is 3.05. The Morgan fingerprint density at radius 2 is 1.96 bits per heavy atom. The molecule has 2 aromatic rings. The van der Waals surface area contributed by atoms with Gasteiger partial charge in [-0.15, -0.1) is 0 Å². The Kier molecular flexibility index (Phi) is 4.81. The molecule has 2 atom stereocenters. The quantitative estimate of drug-likeness (QED) is 0.770. The fourth-order valence-electron chi connectivity index (χ4n) is 2.83. The summed E-state index contributed by atoms with van der Waals surface area (Å²) in [4.78, 5) is 23.0. The highest BCUT2D eigenvalue weighted by Crippen LogP contribution is 2.21. The van der Waals surface area contributed by atoms with Crippen LogP contribution in [0.3, 0.4) is 0 Å². The highest BCUT2D eigenvalue weighted by Gasteiger charge is 2.30. The molecule has 2 heterocycles. The van der Waals surface area contributed by atoms with E-state index in [0.29, 0.717) is 25.1 Å². The smallest absolute Gasteiger partial charge is 0.320 e. The topological polar surface area (TPSA) is 104 Å². The van der Waals surface area contributed by atoms with Crippen LogP contribution in [-0.4, -0.2) is 39.8 Å². The van der Waals surface area contributed by atoms with E-state index in [4.69, 9.17) is 5.11 Å². The predicted octanol–water partition coefficient (Wildman–Crippen LogP) is 1.53. The van der Waals surface area contributed by atoms with Crippen molar-refractivity contribution < 1.29 is 14.7 Å². The van der Waals surface area contributed by atoms with Gasteiger partial charge in [0.25, 0.3) is 0 Å². The van der Waals surface area contributed by atoms with Crippen LogP contribution in [0.1, 0.15) is 12.8 Å². The van der Waals surface area contributed by atoms with Crippen LogP contribution in [0.5, 0.6) is 0 Å². The van der Waals surface area contributed by atoms with E-state index in [1.807, 2.05) is 30.3 Å². The van der Waals surface area contributed by atoms with Crippen molar-refractivity contribution in [3.63, 3.8) is 0 Å². The number of carbonyl (C=O) groups is 2. The van der Waals surface area contributed by atoms with Crippen molar-refractivity contribution in [3.8, 4) is 11.1 Å². The molecule has 1 aliphatic rings. The minimum atomic E-state index is -0.862. The molecule has 0 bridgehead atoms. The van der Waals surface area contributed by atoms with Gasteiger partial charge in [-0.05, 0) is 42.6 Å². The Labute approximate surface area is 139 Å². The van der Waals surface area contributed by atoms with E-state index in [0.717, 1.165) is 11.1 Å². The largest absolute Gasteiger partial charge is 0.480 e. The van der Waals surface area contributed by atoms with E-state index in [2.05, 4.69) is 20.8 Å². The lowest BCUT2D eigenvalue weighted by Crippen LogP contribution is -2.29. The van der Waals surface area contributed by atoms with Gasteiger partial charge in [0.15, 0.2) is 0 Å². The van der Waals surface area contributed by atoms with Crippen LogP contribution >= 0.6 is 0 Å². The molecule has 1 saturated heterocycles. The molecule has 7 heteroatoms. The highest BCUT2D eigenvalue weighted by molar-refractivity contribution is 5.91. The van der Waals surface area contributed by atoms with Gasteiger partial charge in [0, 0.05) is 17.7 Å². The van der Waals surface area contributed by atoms with Crippen molar-refractivity contribution in [2.75, 3.05) is 11.9 Å². The zero-order valence-electron chi connectivity index (χ0n) is 13.0. The third kappa shape index (κ3) is 3.94. The van der Waals surface area contributed by atoms with Crippen molar-refractivity contribution in [3.05, 3.63) is 42.7 Å². The number of anilines is 1. The van der Waals surface area contributed by atoms with E-state index in [1.165, 1.54) is 0 Å². The van der Waals surface area contributed by atoms with Gasteiger partial charge in [-0.3, -0.25) is 9.59 Å². The maximum Gasteiger partial charge on any atom is 0.320 e. The van der Waals surface area contributed by atoms with E-state index in [1.54, 1.807) is 12.4 Å². The Bertz CT molecular complexity index is 718. The zero-order valence-corrected chi connectivity index (χ0v) is 13.0. The number of hydrogen-bond donors (Lipinski definition) is 3. The van der Waals surface area contributed by atoms with Crippen LogP contribution < -0.4 is 10.6 Å². The molecule has 2 unspecified atom stereocenters. The monoisotopic (exact) mass is 326 g/mol. The Hall–Kier alpha value is -2.80. The van der Waals surface area contributed by atoms with Gasteiger partial charge in [-0.1, -0.05) is 12.1 Å². The summed E-state index contributed by atoms with van der Waals surface area (Å²) in [6.45, 7) is 0.554. The molecule has 0 radical (unpaired) electrons. The Morgan fingerprint density at radius 3 is 2.58 bits per heavy atom. The van der Waals surface area contributed by atoms with Crippen LogP contribution in [0.25, 0.3) is 11.1 Å². The minimum Gasteiger partial charge on any atom is -0.480 e. The van der Waals surface area contributed by atoms with E-state index >= 15 is 0 Å². The summed E-state index contributed by atoms with van der Waals surface area (Å²) in [7, 11) is 0. The van der Waals surface area contributed by atoms with Gasteiger partial charge >= 0.3 is 5.97 Å². The molecule has 124 valence electrons. The van der Waals surface area contributed by atoms with Crippen molar-refractivity contribution >= 4 is 17.6 Å². The van der Waals surface area contributed by atoms with Crippen LogP contribution in [-0.2, 0) is 9.59 Å². The standard InChI is InChI=1S/C17H18N4O3/c22-16(8-11-7-15(17(23)24)18-9-11)21-14-3-1-12(2-4-14)13-5-6-19-20-10-13/h1-6,10-11,15,18H,7-9H2,(H,21,22)(H,23,24). The molecule has 3 N–H and O–H groups in total. The Morgan fingerprint density at radius 1 is 1.17 bits per heavy atom. The van der Waals surface area contributed by atoms with Crippen molar-refractivity contribution in [2.45, 2.75) is 18.9 Å². The lowest BCUT2D eigenvalue weighted by Gasteiger charge is -2.10. The van der Waals surface area contributed by atoms with Gasteiger partial charge in [0.1, 0.15) is 6.04 Å². The van der Waals surface area contributed by atoms with Crippen molar-refractivity contribution in [1.29, 1.82) is 0 Å².